The summed E-state index contributed by atoms with van der Waals surface area (Å²) in [4.78, 5) is 29.0. The summed E-state index contributed by atoms with van der Waals surface area (Å²) in [5.41, 5.74) is 1.01. The van der Waals surface area contributed by atoms with Crippen molar-refractivity contribution in [2.45, 2.75) is 13.3 Å². The number of hydrogen-bond donors (Lipinski definition) is 2. The van der Waals surface area contributed by atoms with Crippen LogP contribution in [0, 0.1) is 12.7 Å². The minimum atomic E-state index is -0.429. The summed E-state index contributed by atoms with van der Waals surface area (Å²) in [6.45, 7) is 2.09. The molecule has 0 aliphatic heterocycles. The fourth-order valence-corrected chi connectivity index (χ4v) is 3.35. The Balaban J connectivity index is 1.69. The predicted octanol–water partition coefficient (Wildman–Crippen LogP) is 2.42. The van der Waals surface area contributed by atoms with Gasteiger partial charge in [0.2, 0.25) is 0 Å². The van der Waals surface area contributed by atoms with Crippen molar-refractivity contribution in [3.05, 3.63) is 74.9 Å². The van der Waals surface area contributed by atoms with E-state index in [0.29, 0.717) is 28.7 Å². The summed E-state index contributed by atoms with van der Waals surface area (Å²) in [6.07, 6.45) is 1.99. The Morgan fingerprint density at radius 1 is 1.31 bits per heavy atom. The van der Waals surface area contributed by atoms with E-state index in [2.05, 4.69) is 10.3 Å². The largest absolute Gasteiger partial charge is 0.508 e. The molecule has 1 amide bonds. The number of benzene rings is 1. The van der Waals surface area contributed by atoms with E-state index in [9.17, 15) is 19.1 Å². The summed E-state index contributed by atoms with van der Waals surface area (Å²) in [5.74, 6) is -0.700. The average Bonchev–Trinajstić information content (AvgIpc) is 2.98. The molecule has 2 N–H and O–H groups in total. The third-order valence-electron chi connectivity index (χ3n) is 3.71. The first-order chi connectivity index (χ1) is 12.4. The van der Waals surface area contributed by atoms with Crippen molar-refractivity contribution in [1.29, 1.82) is 0 Å². The van der Waals surface area contributed by atoms with E-state index in [1.165, 1.54) is 29.0 Å². The Kier molecular flexibility index (Phi) is 5.13. The Bertz CT molecular complexity index is 996. The van der Waals surface area contributed by atoms with E-state index in [0.717, 1.165) is 23.0 Å². The lowest BCUT2D eigenvalue weighted by molar-refractivity contribution is 0.0957. The maximum Gasteiger partial charge on any atom is 0.263 e. The number of aromatic nitrogens is 2. The Morgan fingerprint density at radius 3 is 2.73 bits per heavy atom. The van der Waals surface area contributed by atoms with Gasteiger partial charge in [-0.3, -0.25) is 14.2 Å². The number of halogens is 1. The highest BCUT2D eigenvalue weighted by Crippen LogP contribution is 2.21. The smallest absolute Gasteiger partial charge is 0.263 e. The van der Waals surface area contributed by atoms with Crippen molar-refractivity contribution in [1.82, 2.24) is 14.9 Å². The fraction of sp³-hybridized carbons (Fsp3) is 0.167. The highest BCUT2D eigenvalue weighted by Gasteiger charge is 2.16. The second kappa shape index (κ2) is 7.49. The number of thiazole rings is 1. The number of aromatic hydroxyl groups is 1. The lowest BCUT2D eigenvalue weighted by atomic mass is 10.1. The van der Waals surface area contributed by atoms with E-state index in [1.54, 1.807) is 19.1 Å². The number of pyridine rings is 1. The zero-order valence-electron chi connectivity index (χ0n) is 13.9. The van der Waals surface area contributed by atoms with Gasteiger partial charge in [-0.2, -0.15) is 0 Å². The third-order valence-corrected chi connectivity index (χ3v) is 4.87. The van der Waals surface area contributed by atoms with E-state index in [-0.39, 0.29) is 17.5 Å². The molecule has 26 heavy (non-hydrogen) atoms. The molecule has 2 heterocycles. The molecule has 6 nitrogen and oxygen atoms in total. The molecule has 0 saturated heterocycles. The average molecular weight is 373 g/mol. The van der Waals surface area contributed by atoms with Crippen LogP contribution in [0.2, 0.25) is 0 Å². The highest BCUT2D eigenvalue weighted by molar-refractivity contribution is 7.16. The second-order valence-electron chi connectivity index (χ2n) is 5.64. The highest BCUT2D eigenvalue weighted by atomic mass is 32.1. The Hall–Kier alpha value is -3.00. The van der Waals surface area contributed by atoms with Crippen LogP contribution in [-0.4, -0.2) is 27.1 Å². The molecule has 2 aromatic heterocycles. The van der Waals surface area contributed by atoms with Gasteiger partial charge in [0.25, 0.3) is 11.5 Å². The van der Waals surface area contributed by atoms with Gasteiger partial charge in [0.15, 0.2) is 5.13 Å². The molecule has 8 heteroatoms. The van der Waals surface area contributed by atoms with Crippen LogP contribution in [-0.2, 0) is 6.42 Å². The number of carbonyl (C=O) groups is 1. The zero-order chi connectivity index (χ0) is 18.7. The van der Waals surface area contributed by atoms with E-state index < -0.39 is 5.56 Å². The van der Waals surface area contributed by atoms with Gasteiger partial charge in [-0.25, -0.2) is 9.37 Å². The number of carbonyl (C=O) groups excluding carboxylic acids is 1. The van der Waals surface area contributed by atoms with Crippen molar-refractivity contribution in [3.63, 3.8) is 0 Å². The van der Waals surface area contributed by atoms with Crippen LogP contribution in [0.3, 0.4) is 0 Å². The molecule has 134 valence electrons. The quantitative estimate of drug-likeness (QED) is 0.719. The lowest BCUT2D eigenvalue weighted by Gasteiger charge is -2.04. The lowest BCUT2D eigenvalue weighted by Crippen LogP contribution is -2.25. The molecule has 0 unspecified atom stereocenters. The van der Waals surface area contributed by atoms with E-state index in [4.69, 9.17) is 0 Å². The second-order valence-corrected chi connectivity index (χ2v) is 6.61. The molecule has 0 spiro atoms. The van der Waals surface area contributed by atoms with Crippen molar-refractivity contribution >= 4 is 17.2 Å². The van der Waals surface area contributed by atoms with Gasteiger partial charge in [-0.05, 0) is 37.1 Å². The van der Waals surface area contributed by atoms with Crippen LogP contribution < -0.4 is 10.9 Å². The normalized spacial score (nSPS) is 10.7. The van der Waals surface area contributed by atoms with Gasteiger partial charge in [-0.1, -0.05) is 23.5 Å². The molecule has 0 bridgehead atoms. The minimum absolute atomic E-state index is 0.127. The van der Waals surface area contributed by atoms with Gasteiger partial charge in [0, 0.05) is 18.8 Å². The Labute approximate surface area is 152 Å². The van der Waals surface area contributed by atoms with Crippen LogP contribution >= 0.6 is 11.3 Å². The number of nitrogens with zero attached hydrogens (tertiary/aromatic N) is 2. The standard InChI is InChI=1S/C18H16FN3O3S/c1-11-16(17(25)20-8-6-12-2-4-13(19)5-3-12)26-18(21-11)22-9-7-14(23)10-15(22)24/h2-5,7,9-10,23H,6,8H2,1H3,(H,20,25). The van der Waals surface area contributed by atoms with Gasteiger partial charge in [0.05, 0.1) is 5.69 Å². The van der Waals surface area contributed by atoms with Crippen molar-refractivity contribution < 1.29 is 14.3 Å². The number of rotatable bonds is 5. The minimum Gasteiger partial charge on any atom is -0.508 e. The van der Waals surface area contributed by atoms with Gasteiger partial charge < -0.3 is 10.4 Å². The first-order valence-corrected chi connectivity index (χ1v) is 8.68. The summed E-state index contributed by atoms with van der Waals surface area (Å²) in [5, 5.41) is 12.5. The third kappa shape index (κ3) is 3.97. The first-order valence-electron chi connectivity index (χ1n) is 7.86. The van der Waals surface area contributed by atoms with Crippen molar-refractivity contribution in [3.8, 4) is 10.9 Å². The van der Waals surface area contributed by atoms with E-state index >= 15 is 0 Å². The maximum absolute atomic E-state index is 12.9. The number of hydrogen-bond acceptors (Lipinski definition) is 5. The number of amides is 1. The van der Waals surface area contributed by atoms with Crippen LogP contribution in [0.4, 0.5) is 4.39 Å². The molecule has 1 aromatic carbocycles. The van der Waals surface area contributed by atoms with Crippen LogP contribution in [0.5, 0.6) is 5.75 Å². The molecular weight excluding hydrogens is 357 g/mol. The summed E-state index contributed by atoms with van der Waals surface area (Å²) < 4.78 is 14.2. The molecular formula is C18H16FN3O3S. The number of aryl methyl sites for hydroxylation is 1. The van der Waals surface area contributed by atoms with Gasteiger partial charge in [0.1, 0.15) is 16.4 Å². The zero-order valence-corrected chi connectivity index (χ0v) is 14.7. The van der Waals surface area contributed by atoms with E-state index in [1.807, 2.05) is 0 Å². The molecule has 0 atom stereocenters. The van der Waals surface area contributed by atoms with Crippen molar-refractivity contribution in [2.24, 2.45) is 0 Å². The molecule has 3 aromatic rings. The SMILES string of the molecule is Cc1nc(-n2ccc(O)cc2=O)sc1C(=O)NCCc1ccc(F)cc1. The summed E-state index contributed by atoms with van der Waals surface area (Å²) >= 11 is 1.10. The molecule has 0 saturated carbocycles. The van der Waals surface area contributed by atoms with Gasteiger partial charge in [-0.15, -0.1) is 0 Å². The molecule has 0 aliphatic carbocycles. The Morgan fingerprint density at radius 2 is 2.04 bits per heavy atom. The predicted molar refractivity (Wildman–Crippen MR) is 96.6 cm³/mol. The molecule has 0 radical (unpaired) electrons. The maximum atomic E-state index is 12.9. The molecule has 0 aliphatic rings. The number of nitrogens with one attached hydrogen (secondary N) is 1. The van der Waals surface area contributed by atoms with Gasteiger partial charge >= 0.3 is 0 Å². The summed E-state index contributed by atoms with van der Waals surface area (Å²) in [7, 11) is 0. The fourth-order valence-electron chi connectivity index (χ4n) is 2.37. The summed E-state index contributed by atoms with van der Waals surface area (Å²) in [6, 6.07) is 8.57. The molecule has 3 rings (SSSR count). The topological polar surface area (TPSA) is 84.2 Å². The van der Waals surface area contributed by atoms with Crippen LogP contribution in [0.25, 0.3) is 5.13 Å². The first kappa shape index (κ1) is 17.8. The monoisotopic (exact) mass is 373 g/mol. The van der Waals surface area contributed by atoms with Crippen molar-refractivity contribution in [2.75, 3.05) is 6.54 Å². The van der Waals surface area contributed by atoms with Crippen LogP contribution in [0.15, 0.2) is 47.4 Å². The van der Waals surface area contributed by atoms with Crippen LogP contribution in [0.1, 0.15) is 20.9 Å². The molecule has 0 fully saturated rings.